The molecule has 0 fully saturated rings. The van der Waals surface area contributed by atoms with Gasteiger partial charge in [-0.25, -0.2) is 0 Å². The Morgan fingerprint density at radius 3 is 2.95 bits per heavy atom. The summed E-state index contributed by atoms with van der Waals surface area (Å²) in [5, 5.41) is 3.03. The van der Waals surface area contributed by atoms with E-state index in [0.717, 1.165) is 22.8 Å². The molecule has 0 saturated heterocycles. The molecule has 108 valence electrons. The predicted molar refractivity (Wildman–Crippen MR) is 81.3 cm³/mol. The van der Waals surface area contributed by atoms with Crippen LogP contribution >= 0.6 is 11.8 Å². The summed E-state index contributed by atoms with van der Waals surface area (Å²) in [5.74, 6) is 2.69. The van der Waals surface area contributed by atoms with Crippen LogP contribution in [0, 0.1) is 0 Å². The number of thioether (sulfide) groups is 1. The van der Waals surface area contributed by atoms with Crippen molar-refractivity contribution in [1.29, 1.82) is 0 Å². The standard InChI is InChI=1S/C15H19NO3S/c1-4-7-20-9-14(17)16-15(2,3)11-5-6-12-13(8-11)19-10-18-12/h4-6,8H,1,7,9-10H2,2-3H3,(H,16,17). The van der Waals surface area contributed by atoms with Crippen molar-refractivity contribution in [1.82, 2.24) is 5.32 Å². The SMILES string of the molecule is C=CCSCC(=O)NC(C)(C)c1ccc2c(c1)OCO2. The fourth-order valence-electron chi connectivity index (χ4n) is 1.98. The van der Waals surface area contributed by atoms with Crippen molar-refractivity contribution < 1.29 is 14.3 Å². The molecule has 0 aromatic heterocycles. The van der Waals surface area contributed by atoms with Crippen LogP contribution in [0.25, 0.3) is 0 Å². The molecule has 1 heterocycles. The molecular weight excluding hydrogens is 274 g/mol. The smallest absolute Gasteiger partial charge is 0.231 e. The van der Waals surface area contributed by atoms with Gasteiger partial charge in [0.05, 0.1) is 11.3 Å². The third-order valence-corrected chi connectivity index (χ3v) is 3.95. The molecule has 0 bridgehead atoms. The molecule has 1 aliphatic heterocycles. The zero-order valence-electron chi connectivity index (χ0n) is 11.8. The van der Waals surface area contributed by atoms with Crippen molar-refractivity contribution >= 4 is 17.7 Å². The van der Waals surface area contributed by atoms with Gasteiger partial charge >= 0.3 is 0 Å². The number of nitrogens with one attached hydrogen (secondary N) is 1. The summed E-state index contributed by atoms with van der Waals surface area (Å²) in [6.45, 7) is 7.83. The van der Waals surface area contributed by atoms with Gasteiger partial charge in [-0.05, 0) is 31.5 Å². The number of ether oxygens (including phenoxy) is 2. The number of amides is 1. The Hall–Kier alpha value is -1.62. The summed E-state index contributed by atoms with van der Waals surface area (Å²) in [4.78, 5) is 11.9. The molecule has 0 saturated carbocycles. The lowest BCUT2D eigenvalue weighted by Crippen LogP contribution is -2.41. The molecule has 1 aromatic rings. The minimum absolute atomic E-state index is 0.0134. The monoisotopic (exact) mass is 293 g/mol. The van der Waals surface area contributed by atoms with Crippen LogP contribution in [0.1, 0.15) is 19.4 Å². The number of carbonyl (C=O) groups is 1. The topological polar surface area (TPSA) is 47.6 Å². The second-order valence-electron chi connectivity index (χ2n) is 5.05. The Morgan fingerprint density at radius 1 is 1.45 bits per heavy atom. The first kappa shape index (κ1) is 14.8. The normalized spacial score (nSPS) is 13.1. The molecular formula is C15H19NO3S. The van der Waals surface area contributed by atoms with Gasteiger partial charge in [0.2, 0.25) is 12.7 Å². The van der Waals surface area contributed by atoms with Gasteiger partial charge < -0.3 is 14.8 Å². The summed E-state index contributed by atoms with van der Waals surface area (Å²) in [7, 11) is 0. The molecule has 0 aliphatic carbocycles. The predicted octanol–water partition coefficient (Wildman–Crippen LogP) is 2.69. The van der Waals surface area contributed by atoms with Crippen LogP contribution in [0.15, 0.2) is 30.9 Å². The number of hydrogen-bond donors (Lipinski definition) is 1. The van der Waals surface area contributed by atoms with Crippen molar-refractivity contribution in [3.63, 3.8) is 0 Å². The maximum Gasteiger partial charge on any atom is 0.231 e. The maximum atomic E-state index is 11.9. The average Bonchev–Trinajstić information content (AvgIpc) is 2.85. The van der Waals surface area contributed by atoms with Crippen molar-refractivity contribution in [2.24, 2.45) is 0 Å². The van der Waals surface area contributed by atoms with E-state index in [2.05, 4.69) is 11.9 Å². The van der Waals surface area contributed by atoms with Gasteiger partial charge in [-0.1, -0.05) is 12.1 Å². The highest BCUT2D eigenvalue weighted by atomic mass is 32.2. The van der Waals surface area contributed by atoms with Gasteiger partial charge in [-0.15, -0.1) is 18.3 Å². The molecule has 1 aromatic carbocycles. The third-order valence-electron chi connectivity index (χ3n) is 3.02. The Kier molecular flexibility index (Phi) is 4.60. The quantitative estimate of drug-likeness (QED) is 0.647. The molecule has 20 heavy (non-hydrogen) atoms. The average molecular weight is 293 g/mol. The first-order chi connectivity index (χ1) is 9.53. The lowest BCUT2D eigenvalue weighted by molar-refractivity contribution is -0.120. The lowest BCUT2D eigenvalue weighted by atomic mass is 9.94. The number of hydrogen-bond acceptors (Lipinski definition) is 4. The molecule has 0 unspecified atom stereocenters. The minimum Gasteiger partial charge on any atom is -0.454 e. The van der Waals surface area contributed by atoms with Gasteiger partial charge in [0.1, 0.15) is 0 Å². The molecule has 4 nitrogen and oxygen atoms in total. The number of rotatable bonds is 6. The number of fused-ring (bicyclic) bond motifs is 1. The Bertz CT molecular complexity index is 514. The van der Waals surface area contributed by atoms with E-state index >= 15 is 0 Å². The first-order valence-corrected chi connectivity index (χ1v) is 7.58. The molecule has 5 heteroatoms. The third kappa shape index (κ3) is 3.48. The van der Waals surface area contributed by atoms with Gasteiger partial charge in [0.15, 0.2) is 11.5 Å². The van der Waals surface area contributed by atoms with E-state index in [0.29, 0.717) is 5.75 Å². The van der Waals surface area contributed by atoms with E-state index in [1.807, 2.05) is 32.0 Å². The summed E-state index contributed by atoms with van der Waals surface area (Å²) in [5.41, 5.74) is 0.538. The highest BCUT2D eigenvalue weighted by Crippen LogP contribution is 2.35. The molecule has 1 amide bonds. The van der Waals surface area contributed by atoms with Crippen LogP contribution in [0.3, 0.4) is 0 Å². The fourth-order valence-corrected chi connectivity index (χ4v) is 2.52. The van der Waals surface area contributed by atoms with Crippen molar-refractivity contribution in [3.05, 3.63) is 36.4 Å². The highest BCUT2D eigenvalue weighted by molar-refractivity contribution is 8.00. The lowest BCUT2D eigenvalue weighted by Gasteiger charge is -2.27. The van der Waals surface area contributed by atoms with E-state index in [1.54, 1.807) is 17.8 Å². The van der Waals surface area contributed by atoms with Gasteiger partial charge in [-0.2, -0.15) is 0 Å². The number of carbonyl (C=O) groups excluding carboxylic acids is 1. The van der Waals surface area contributed by atoms with E-state index in [1.165, 1.54) is 0 Å². The van der Waals surface area contributed by atoms with Gasteiger partial charge in [-0.3, -0.25) is 4.79 Å². The Balaban J connectivity index is 2.02. The van der Waals surface area contributed by atoms with Crippen LogP contribution in [0.5, 0.6) is 11.5 Å². The van der Waals surface area contributed by atoms with Gasteiger partial charge in [0.25, 0.3) is 0 Å². The van der Waals surface area contributed by atoms with Gasteiger partial charge in [0, 0.05) is 5.75 Å². The van der Waals surface area contributed by atoms with Crippen LogP contribution < -0.4 is 14.8 Å². The van der Waals surface area contributed by atoms with Crippen LogP contribution in [-0.4, -0.2) is 24.2 Å². The maximum absolute atomic E-state index is 11.9. The summed E-state index contributed by atoms with van der Waals surface area (Å²) < 4.78 is 10.7. The van der Waals surface area contributed by atoms with Crippen LogP contribution in [0.4, 0.5) is 0 Å². The molecule has 0 atom stereocenters. The second kappa shape index (κ2) is 6.22. The summed E-state index contributed by atoms with van der Waals surface area (Å²) in [6.07, 6.45) is 1.79. The zero-order valence-corrected chi connectivity index (χ0v) is 12.6. The first-order valence-electron chi connectivity index (χ1n) is 6.43. The number of benzene rings is 1. The fraction of sp³-hybridized carbons (Fsp3) is 0.400. The van der Waals surface area contributed by atoms with E-state index in [4.69, 9.17) is 9.47 Å². The summed E-state index contributed by atoms with van der Waals surface area (Å²) >= 11 is 1.54. The Labute approximate surface area is 123 Å². The zero-order chi connectivity index (χ0) is 14.6. The molecule has 0 spiro atoms. The summed E-state index contributed by atoms with van der Waals surface area (Å²) in [6, 6.07) is 5.74. The second-order valence-corrected chi connectivity index (χ2v) is 6.08. The molecule has 2 rings (SSSR count). The molecule has 0 radical (unpaired) electrons. The van der Waals surface area contributed by atoms with Crippen LogP contribution in [0.2, 0.25) is 0 Å². The van der Waals surface area contributed by atoms with Crippen molar-refractivity contribution in [2.75, 3.05) is 18.3 Å². The molecule has 1 aliphatic rings. The van der Waals surface area contributed by atoms with E-state index in [9.17, 15) is 4.79 Å². The van der Waals surface area contributed by atoms with E-state index < -0.39 is 5.54 Å². The van der Waals surface area contributed by atoms with E-state index in [-0.39, 0.29) is 12.7 Å². The van der Waals surface area contributed by atoms with Crippen LogP contribution in [-0.2, 0) is 10.3 Å². The minimum atomic E-state index is -0.452. The highest BCUT2D eigenvalue weighted by Gasteiger charge is 2.25. The largest absolute Gasteiger partial charge is 0.454 e. The Morgan fingerprint density at radius 2 is 2.20 bits per heavy atom. The molecule has 1 N–H and O–H groups in total. The van der Waals surface area contributed by atoms with Crippen molar-refractivity contribution in [3.8, 4) is 11.5 Å². The van der Waals surface area contributed by atoms with Crippen molar-refractivity contribution in [2.45, 2.75) is 19.4 Å².